The number of hydrogen-bond donors (Lipinski definition) is 5. The smallest absolute Gasteiger partial charge is 0.250 e. The van der Waals surface area contributed by atoms with Crippen LogP contribution in [0.4, 0.5) is 5.69 Å². The fourth-order valence-electron chi connectivity index (χ4n) is 5.10. The normalized spacial score (nSPS) is 21.1. The van der Waals surface area contributed by atoms with Gasteiger partial charge in [-0.15, -0.1) is 0 Å². The summed E-state index contributed by atoms with van der Waals surface area (Å²) in [7, 11) is 0. The molecule has 1 aliphatic carbocycles. The highest BCUT2D eigenvalue weighted by molar-refractivity contribution is 5.98. The van der Waals surface area contributed by atoms with Gasteiger partial charge >= 0.3 is 0 Å². The molecule has 0 spiro atoms. The number of pyridine rings is 1. The van der Waals surface area contributed by atoms with Crippen LogP contribution in [0.5, 0.6) is 0 Å². The summed E-state index contributed by atoms with van der Waals surface area (Å²) in [5, 5.41) is 26.4. The van der Waals surface area contributed by atoms with E-state index in [1.807, 2.05) is 36.7 Å². The van der Waals surface area contributed by atoms with E-state index in [2.05, 4.69) is 33.8 Å². The third kappa shape index (κ3) is 4.78. The summed E-state index contributed by atoms with van der Waals surface area (Å²) in [6.07, 6.45) is 10.4. The van der Waals surface area contributed by atoms with Gasteiger partial charge in [0.15, 0.2) is 0 Å². The maximum absolute atomic E-state index is 12.1. The minimum Gasteiger partial charge on any atom is -0.393 e. The second-order valence-electron chi connectivity index (χ2n) is 9.30. The molecule has 1 atom stereocenters. The zero-order chi connectivity index (χ0) is 24.4. The van der Waals surface area contributed by atoms with Gasteiger partial charge in [-0.25, -0.2) is 0 Å². The van der Waals surface area contributed by atoms with Gasteiger partial charge in [0.25, 0.3) is 5.91 Å². The quantitative estimate of drug-likeness (QED) is 0.375. The zero-order valence-corrected chi connectivity index (χ0v) is 19.4. The van der Waals surface area contributed by atoms with E-state index in [1.165, 1.54) is 0 Å². The highest BCUT2D eigenvalue weighted by Crippen LogP contribution is 2.37. The molecule has 1 unspecified atom stereocenters. The van der Waals surface area contributed by atoms with Gasteiger partial charge in [-0.05, 0) is 84.0 Å². The Morgan fingerprint density at radius 2 is 1.94 bits per heavy atom. The van der Waals surface area contributed by atoms with Crippen LogP contribution >= 0.6 is 0 Å². The number of fused-ring (bicyclic) bond motifs is 1. The van der Waals surface area contributed by atoms with Gasteiger partial charge < -0.3 is 26.6 Å². The molecule has 0 saturated heterocycles. The second kappa shape index (κ2) is 9.90. The molecular formula is C28H30N4O3. The highest BCUT2D eigenvalue weighted by atomic mass is 16.3. The largest absolute Gasteiger partial charge is 0.393 e. The first-order chi connectivity index (χ1) is 17.0. The molecule has 7 heteroatoms. The van der Waals surface area contributed by atoms with Gasteiger partial charge in [0.2, 0.25) is 0 Å². The summed E-state index contributed by atoms with van der Waals surface area (Å²) in [6.45, 7) is -0.0577. The summed E-state index contributed by atoms with van der Waals surface area (Å²) in [5.41, 5.74) is 12.8. The van der Waals surface area contributed by atoms with E-state index in [4.69, 9.17) is 5.73 Å². The van der Waals surface area contributed by atoms with E-state index in [9.17, 15) is 15.0 Å². The van der Waals surface area contributed by atoms with Crippen molar-refractivity contribution in [3.8, 4) is 11.1 Å². The van der Waals surface area contributed by atoms with E-state index in [0.29, 0.717) is 5.56 Å². The molecule has 0 bridgehead atoms. The van der Waals surface area contributed by atoms with Gasteiger partial charge in [-0.3, -0.25) is 9.78 Å². The van der Waals surface area contributed by atoms with Crippen molar-refractivity contribution in [1.29, 1.82) is 0 Å². The summed E-state index contributed by atoms with van der Waals surface area (Å²) in [5.74, 6) is -0.467. The number of hydrogen-bond acceptors (Lipinski definition) is 6. The van der Waals surface area contributed by atoms with Crippen LogP contribution in [0.25, 0.3) is 17.2 Å². The first-order valence-corrected chi connectivity index (χ1v) is 12.0. The average Bonchev–Trinajstić information content (AvgIpc) is 2.89. The lowest BCUT2D eigenvalue weighted by Gasteiger charge is -2.29. The first kappa shape index (κ1) is 23.1. The number of rotatable bonds is 6. The van der Waals surface area contributed by atoms with E-state index in [-0.39, 0.29) is 24.8 Å². The molecular weight excluding hydrogens is 440 g/mol. The number of primary amides is 1. The van der Waals surface area contributed by atoms with Crippen LogP contribution in [0.1, 0.15) is 64.3 Å². The number of aliphatic hydroxyl groups is 2. The van der Waals surface area contributed by atoms with Gasteiger partial charge in [0.1, 0.15) is 0 Å². The van der Waals surface area contributed by atoms with Gasteiger partial charge in [-0.2, -0.15) is 0 Å². The Bertz CT molecular complexity index is 1260. The Kier molecular flexibility index (Phi) is 6.53. The van der Waals surface area contributed by atoms with Gasteiger partial charge in [0, 0.05) is 29.7 Å². The third-order valence-corrected chi connectivity index (χ3v) is 6.95. The van der Waals surface area contributed by atoms with E-state index in [0.717, 1.165) is 64.8 Å². The summed E-state index contributed by atoms with van der Waals surface area (Å²) < 4.78 is 0. The molecule has 1 aliphatic heterocycles. The summed E-state index contributed by atoms with van der Waals surface area (Å²) in [6, 6.07) is 14.0. The van der Waals surface area contributed by atoms with E-state index in [1.54, 1.807) is 12.3 Å². The predicted octanol–water partition coefficient (Wildman–Crippen LogP) is 3.72. The van der Waals surface area contributed by atoms with Crippen molar-refractivity contribution in [1.82, 2.24) is 10.3 Å². The molecule has 1 amide bonds. The SMILES string of the molecule is NC(=O)c1ccc(C2NC=Cc3c(-c4cncc(CO)c4)cccc32)cc1NC1CCC(O)CC1. The lowest BCUT2D eigenvalue weighted by molar-refractivity contribution is 0.100. The molecule has 1 saturated carbocycles. The van der Waals surface area contributed by atoms with Crippen molar-refractivity contribution >= 4 is 17.7 Å². The maximum Gasteiger partial charge on any atom is 0.250 e. The first-order valence-electron chi connectivity index (χ1n) is 12.0. The zero-order valence-electron chi connectivity index (χ0n) is 19.4. The number of carbonyl (C=O) groups is 1. The van der Waals surface area contributed by atoms with Crippen molar-refractivity contribution in [3.63, 3.8) is 0 Å². The third-order valence-electron chi connectivity index (χ3n) is 6.95. The minimum atomic E-state index is -0.467. The van der Waals surface area contributed by atoms with Gasteiger partial charge in [0.05, 0.1) is 24.3 Å². The van der Waals surface area contributed by atoms with Crippen LogP contribution in [-0.2, 0) is 6.61 Å². The number of nitrogens with zero attached hydrogens (tertiary/aromatic N) is 1. The summed E-state index contributed by atoms with van der Waals surface area (Å²) in [4.78, 5) is 16.4. The summed E-state index contributed by atoms with van der Waals surface area (Å²) >= 11 is 0. The van der Waals surface area contributed by atoms with Gasteiger partial charge in [-0.1, -0.05) is 24.3 Å². The predicted molar refractivity (Wildman–Crippen MR) is 136 cm³/mol. The van der Waals surface area contributed by atoms with Crippen LogP contribution in [0.15, 0.2) is 61.1 Å². The lowest BCUT2D eigenvalue weighted by Crippen LogP contribution is -2.29. The molecule has 3 aromatic rings. The molecule has 6 N–H and O–H groups in total. The Hall–Kier alpha value is -3.68. The Morgan fingerprint density at radius 3 is 2.71 bits per heavy atom. The number of aliphatic hydroxyl groups excluding tert-OH is 2. The maximum atomic E-state index is 12.1. The van der Waals surface area contributed by atoms with Crippen LogP contribution in [-0.4, -0.2) is 33.3 Å². The molecule has 2 aromatic carbocycles. The Morgan fingerprint density at radius 1 is 1.11 bits per heavy atom. The Labute approximate surface area is 204 Å². The van der Waals surface area contributed by atoms with Crippen molar-refractivity contribution in [2.45, 2.75) is 50.5 Å². The molecule has 0 radical (unpaired) electrons. The van der Waals surface area contributed by atoms with Crippen molar-refractivity contribution in [3.05, 3.63) is 88.9 Å². The molecule has 5 rings (SSSR count). The standard InChI is InChI=1S/C28H30N4O3/c29-28(35)25-9-4-18(13-26(25)32-20-5-7-21(34)8-6-20)27-24-3-1-2-22(23(24)10-11-31-27)19-12-17(16-33)14-30-15-19/h1-4,9-15,20-21,27,31-34H,5-8,16H2,(H2,29,35). The molecule has 1 aromatic heterocycles. The number of amides is 1. The number of carbonyl (C=O) groups excluding carboxylic acids is 1. The van der Waals surface area contributed by atoms with Crippen molar-refractivity contribution < 1.29 is 15.0 Å². The molecule has 7 nitrogen and oxygen atoms in total. The monoisotopic (exact) mass is 470 g/mol. The van der Waals surface area contributed by atoms with Crippen LogP contribution < -0.4 is 16.4 Å². The van der Waals surface area contributed by atoms with Crippen molar-refractivity contribution in [2.75, 3.05) is 5.32 Å². The van der Waals surface area contributed by atoms with Crippen molar-refractivity contribution in [2.24, 2.45) is 5.73 Å². The fourth-order valence-corrected chi connectivity index (χ4v) is 5.10. The second-order valence-corrected chi connectivity index (χ2v) is 9.30. The number of benzene rings is 2. The fraction of sp³-hybridized carbons (Fsp3) is 0.286. The number of aromatic nitrogens is 1. The minimum absolute atomic E-state index is 0.0577. The van der Waals surface area contributed by atoms with E-state index < -0.39 is 5.91 Å². The van der Waals surface area contributed by atoms with Crippen LogP contribution in [0.3, 0.4) is 0 Å². The average molecular weight is 471 g/mol. The number of nitrogens with one attached hydrogen (secondary N) is 2. The van der Waals surface area contributed by atoms with Crippen LogP contribution in [0, 0.1) is 0 Å². The van der Waals surface area contributed by atoms with E-state index >= 15 is 0 Å². The topological polar surface area (TPSA) is 121 Å². The Balaban J connectivity index is 1.51. The molecule has 2 aliphatic rings. The highest BCUT2D eigenvalue weighted by Gasteiger charge is 2.24. The molecule has 1 fully saturated rings. The molecule has 2 heterocycles. The number of nitrogens with two attached hydrogens (primary N) is 1. The molecule has 180 valence electrons. The molecule has 35 heavy (non-hydrogen) atoms. The van der Waals surface area contributed by atoms with Crippen LogP contribution in [0.2, 0.25) is 0 Å². The number of anilines is 1. The lowest BCUT2D eigenvalue weighted by atomic mass is 9.87.